The van der Waals surface area contributed by atoms with Crippen LogP contribution in [0.4, 0.5) is 0 Å². The smallest absolute Gasteiger partial charge is 0.0588 e. The van der Waals surface area contributed by atoms with Crippen LogP contribution in [-0.4, -0.2) is 35.6 Å². The Morgan fingerprint density at radius 3 is 3.19 bits per heavy atom. The molecule has 16 heavy (non-hydrogen) atoms. The number of ether oxygens (including phenoxy) is 1. The van der Waals surface area contributed by atoms with Gasteiger partial charge < -0.3 is 10.1 Å². The Morgan fingerprint density at radius 1 is 1.56 bits per heavy atom. The summed E-state index contributed by atoms with van der Waals surface area (Å²) in [5.41, 5.74) is 1.22. The normalized spacial score (nSPS) is 20.4. The molecule has 1 aliphatic heterocycles. The van der Waals surface area contributed by atoms with Crippen molar-refractivity contribution in [1.29, 1.82) is 0 Å². The van der Waals surface area contributed by atoms with Crippen molar-refractivity contribution in [2.75, 3.05) is 19.7 Å². The van der Waals surface area contributed by atoms with Crippen LogP contribution >= 0.6 is 0 Å². The van der Waals surface area contributed by atoms with Crippen molar-refractivity contribution >= 4 is 0 Å². The summed E-state index contributed by atoms with van der Waals surface area (Å²) in [5, 5.41) is 7.67. The molecule has 1 atom stereocenters. The van der Waals surface area contributed by atoms with Crippen molar-refractivity contribution in [2.45, 2.75) is 38.8 Å². The molecule has 4 nitrogen and oxygen atoms in total. The van der Waals surface area contributed by atoms with E-state index in [1.807, 2.05) is 10.9 Å². The largest absolute Gasteiger partial charge is 0.378 e. The molecule has 1 saturated heterocycles. The van der Waals surface area contributed by atoms with Gasteiger partial charge in [0, 0.05) is 19.3 Å². The van der Waals surface area contributed by atoms with Gasteiger partial charge in [0.25, 0.3) is 0 Å². The molecule has 0 aliphatic carbocycles. The lowest BCUT2D eigenvalue weighted by atomic mass is 10.2. The first-order valence-electron chi connectivity index (χ1n) is 6.16. The molecule has 0 amide bonds. The molecule has 0 aromatic carbocycles. The quantitative estimate of drug-likeness (QED) is 0.740. The highest BCUT2D eigenvalue weighted by Crippen LogP contribution is 2.14. The Balaban J connectivity index is 1.51. The maximum atomic E-state index is 5.56. The minimum Gasteiger partial charge on any atom is -0.378 e. The van der Waals surface area contributed by atoms with Gasteiger partial charge in [-0.25, -0.2) is 0 Å². The summed E-state index contributed by atoms with van der Waals surface area (Å²) in [6, 6.07) is 0. The van der Waals surface area contributed by atoms with E-state index in [0.717, 1.165) is 32.7 Å². The summed E-state index contributed by atoms with van der Waals surface area (Å²) in [5.74, 6) is 0. The molecule has 2 rings (SSSR count). The Bertz CT molecular complexity index is 305. The predicted octanol–water partition coefficient (Wildman–Crippen LogP) is 1.35. The maximum absolute atomic E-state index is 5.56. The molecule has 1 aliphatic rings. The second-order valence-corrected chi connectivity index (χ2v) is 4.45. The van der Waals surface area contributed by atoms with Gasteiger partial charge in [0.1, 0.15) is 0 Å². The van der Waals surface area contributed by atoms with Crippen LogP contribution in [0.2, 0.25) is 0 Å². The molecule has 1 aromatic heterocycles. The molecule has 0 saturated carbocycles. The molecular weight excluding hydrogens is 202 g/mol. The van der Waals surface area contributed by atoms with Crippen molar-refractivity contribution in [3.63, 3.8) is 0 Å². The third-order valence-corrected chi connectivity index (χ3v) is 2.95. The summed E-state index contributed by atoms with van der Waals surface area (Å²) in [4.78, 5) is 0. The average molecular weight is 223 g/mol. The fourth-order valence-electron chi connectivity index (χ4n) is 2.04. The minimum atomic E-state index is 0.499. The first kappa shape index (κ1) is 11.6. The molecule has 0 spiro atoms. The highest BCUT2D eigenvalue weighted by Gasteiger charge is 2.14. The summed E-state index contributed by atoms with van der Waals surface area (Å²) >= 11 is 0. The fraction of sp³-hybridized carbons (Fsp3) is 0.750. The highest BCUT2D eigenvalue weighted by molar-refractivity contribution is 4.99. The third kappa shape index (κ3) is 3.61. The Kier molecular flexibility index (Phi) is 4.36. The van der Waals surface area contributed by atoms with Gasteiger partial charge in [0.05, 0.1) is 18.8 Å². The van der Waals surface area contributed by atoms with E-state index < -0.39 is 0 Å². The Hall–Kier alpha value is -0.870. The van der Waals surface area contributed by atoms with Crippen LogP contribution in [0.25, 0.3) is 0 Å². The van der Waals surface area contributed by atoms with Crippen molar-refractivity contribution in [2.24, 2.45) is 0 Å². The van der Waals surface area contributed by atoms with Gasteiger partial charge in [0.15, 0.2) is 0 Å². The molecule has 90 valence electrons. The van der Waals surface area contributed by atoms with Crippen LogP contribution in [0.15, 0.2) is 12.4 Å². The molecule has 1 fully saturated rings. The molecule has 1 unspecified atom stereocenters. The molecule has 1 aromatic rings. The van der Waals surface area contributed by atoms with Crippen LogP contribution in [0.1, 0.15) is 24.8 Å². The number of nitrogens with zero attached hydrogens (tertiary/aromatic N) is 2. The minimum absolute atomic E-state index is 0.499. The zero-order chi connectivity index (χ0) is 11.2. The molecule has 0 radical (unpaired) electrons. The first-order valence-corrected chi connectivity index (χ1v) is 6.16. The molecular formula is C12H21N3O. The van der Waals surface area contributed by atoms with Crippen molar-refractivity contribution in [3.05, 3.63) is 18.0 Å². The fourth-order valence-corrected chi connectivity index (χ4v) is 2.04. The van der Waals surface area contributed by atoms with Crippen LogP contribution in [0.5, 0.6) is 0 Å². The van der Waals surface area contributed by atoms with Crippen LogP contribution in [0.3, 0.4) is 0 Å². The summed E-state index contributed by atoms with van der Waals surface area (Å²) in [6.45, 7) is 5.99. The van der Waals surface area contributed by atoms with Crippen molar-refractivity contribution in [3.8, 4) is 0 Å². The van der Waals surface area contributed by atoms with E-state index in [0.29, 0.717) is 6.10 Å². The number of aromatic nitrogens is 2. The number of aryl methyl sites for hydroxylation is 1. The summed E-state index contributed by atoms with van der Waals surface area (Å²) in [7, 11) is 0. The van der Waals surface area contributed by atoms with E-state index in [-0.39, 0.29) is 0 Å². The van der Waals surface area contributed by atoms with E-state index >= 15 is 0 Å². The SMILES string of the molecule is Cc1cnn(CCNCCC2CCCO2)c1. The number of rotatable bonds is 6. The van der Waals surface area contributed by atoms with E-state index in [2.05, 4.69) is 23.5 Å². The summed E-state index contributed by atoms with van der Waals surface area (Å²) < 4.78 is 7.54. The number of nitrogens with one attached hydrogen (secondary N) is 1. The van der Waals surface area contributed by atoms with E-state index in [1.54, 1.807) is 0 Å². The van der Waals surface area contributed by atoms with Crippen LogP contribution in [0, 0.1) is 6.92 Å². The third-order valence-electron chi connectivity index (χ3n) is 2.95. The predicted molar refractivity (Wildman–Crippen MR) is 63.4 cm³/mol. The maximum Gasteiger partial charge on any atom is 0.0588 e. The topological polar surface area (TPSA) is 39.1 Å². The van der Waals surface area contributed by atoms with Gasteiger partial charge in [0.2, 0.25) is 0 Å². The first-order chi connectivity index (χ1) is 7.84. The molecule has 1 N–H and O–H groups in total. The monoisotopic (exact) mass is 223 g/mol. The van der Waals surface area contributed by atoms with Gasteiger partial charge in [-0.05, 0) is 38.3 Å². The number of hydrogen-bond acceptors (Lipinski definition) is 3. The van der Waals surface area contributed by atoms with Crippen molar-refractivity contribution in [1.82, 2.24) is 15.1 Å². The van der Waals surface area contributed by atoms with E-state index in [1.165, 1.54) is 18.4 Å². The van der Waals surface area contributed by atoms with Gasteiger partial charge in [-0.15, -0.1) is 0 Å². The van der Waals surface area contributed by atoms with Gasteiger partial charge >= 0.3 is 0 Å². The standard InChI is InChI=1S/C12H21N3O/c1-11-9-14-15(10-11)7-6-13-5-4-12-3-2-8-16-12/h9-10,12-13H,2-8H2,1H3. The second-order valence-electron chi connectivity index (χ2n) is 4.45. The van der Waals surface area contributed by atoms with Crippen LogP contribution in [-0.2, 0) is 11.3 Å². The van der Waals surface area contributed by atoms with Crippen molar-refractivity contribution < 1.29 is 4.74 Å². The zero-order valence-electron chi connectivity index (χ0n) is 9.98. The van der Waals surface area contributed by atoms with E-state index in [4.69, 9.17) is 4.74 Å². The van der Waals surface area contributed by atoms with Gasteiger partial charge in [-0.2, -0.15) is 5.10 Å². The lowest BCUT2D eigenvalue weighted by Gasteiger charge is -2.09. The van der Waals surface area contributed by atoms with Gasteiger partial charge in [-0.1, -0.05) is 0 Å². The molecule has 0 bridgehead atoms. The Morgan fingerprint density at radius 2 is 2.50 bits per heavy atom. The highest BCUT2D eigenvalue weighted by atomic mass is 16.5. The van der Waals surface area contributed by atoms with E-state index in [9.17, 15) is 0 Å². The lowest BCUT2D eigenvalue weighted by Crippen LogP contribution is -2.24. The number of hydrogen-bond donors (Lipinski definition) is 1. The zero-order valence-corrected chi connectivity index (χ0v) is 9.98. The molecule has 2 heterocycles. The molecule has 4 heteroatoms. The average Bonchev–Trinajstić information content (AvgIpc) is 2.89. The Labute approximate surface area is 97.0 Å². The lowest BCUT2D eigenvalue weighted by molar-refractivity contribution is 0.104. The van der Waals surface area contributed by atoms with Crippen LogP contribution < -0.4 is 5.32 Å². The second kappa shape index (κ2) is 6.01. The van der Waals surface area contributed by atoms with Gasteiger partial charge in [-0.3, -0.25) is 4.68 Å². The summed E-state index contributed by atoms with van der Waals surface area (Å²) in [6.07, 6.45) is 8.07.